The van der Waals surface area contributed by atoms with Crippen LogP contribution in [-0.4, -0.2) is 31.4 Å². The van der Waals surface area contributed by atoms with Crippen LogP contribution < -0.4 is 0 Å². The minimum absolute atomic E-state index is 0.0419. The smallest absolute Gasteiger partial charge is 0.200 e. The monoisotopic (exact) mass is 219 g/mol. The molecule has 2 rings (SSSR count). The molecule has 5 nitrogen and oxygen atoms in total. The molecule has 84 valence electrons. The van der Waals surface area contributed by atoms with Gasteiger partial charge in [0.05, 0.1) is 22.8 Å². The van der Waals surface area contributed by atoms with Crippen LogP contribution in [0.25, 0.3) is 11.0 Å². The molecular weight excluding hydrogens is 206 g/mol. The molecule has 2 heterocycles. The van der Waals surface area contributed by atoms with E-state index in [1.807, 2.05) is 0 Å². The average Bonchev–Trinajstić information content (AvgIpc) is 2.58. The Labute approximate surface area is 92.5 Å². The third-order valence-electron chi connectivity index (χ3n) is 2.14. The predicted octanol–water partition coefficient (Wildman–Crippen LogP) is 1.30. The van der Waals surface area contributed by atoms with Gasteiger partial charge in [0.2, 0.25) is 5.78 Å². The molecule has 0 fully saturated rings. The van der Waals surface area contributed by atoms with E-state index < -0.39 is 5.60 Å². The van der Waals surface area contributed by atoms with Crippen molar-refractivity contribution in [2.75, 3.05) is 0 Å². The van der Waals surface area contributed by atoms with Crippen molar-refractivity contribution in [3.05, 3.63) is 24.3 Å². The van der Waals surface area contributed by atoms with Crippen LogP contribution in [0.2, 0.25) is 0 Å². The fourth-order valence-electron chi connectivity index (χ4n) is 1.47. The van der Waals surface area contributed by atoms with Gasteiger partial charge in [-0.2, -0.15) is 0 Å². The number of nitrogens with one attached hydrogen (secondary N) is 1. The molecule has 0 aliphatic heterocycles. The summed E-state index contributed by atoms with van der Waals surface area (Å²) in [6.07, 6.45) is 3.27. The molecule has 2 aromatic heterocycles. The summed E-state index contributed by atoms with van der Waals surface area (Å²) in [7, 11) is 0. The summed E-state index contributed by atoms with van der Waals surface area (Å²) in [4.78, 5) is 22.7. The number of carbonyl (C=O) groups excluding carboxylic acids is 1. The summed E-state index contributed by atoms with van der Waals surface area (Å²) in [5.41, 5.74) is 0.407. The number of H-pyrrole nitrogens is 1. The quantitative estimate of drug-likeness (QED) is 0.762. The Bertz CT molecular complexity index is 492. The molecule has 2 aromatic rings. The number of aromatic amines is 1. The molecule has 0 bridgehead atoms. The molecule has 0 saturated carbocycles. The van der Waals surface area contributed by atoms with E-state index in [1.54, 1.807) is 32.3 Å². The van der Waals surface area contributed by atoms with E-state index >= 15 is 0 Å². The number of fused-ring (bicyclic) bond motifs is 1. The molecule has 0 saturated heterocycles. The normalized spacial score (nSPS) is 11.9. The van der Waals surface area contributed by atoms with Gasteiger partial charge in [0.15, 0.2) is 5.82 Å². The van der Waals surface area contributed by atoms with Gasteiger partial charge in [-0.25, -0.2) is 4.98 Å². The number of ketones is 1. The van der Waals surface area contributed by atoms with E-state index in [1.165, 1.54) is 0 Å². The van der Waals surface area contributed by atoms with Crippen LogP contribution >= 0.6 is 0 Å². The first kappa shape index (κ1) is 10.8. The van der Waals surface area contributed by atoms with Crippen molar-refractivity contribution in [3.63, 3.8) is 0 Å². The molecule has 16 heavy (non-hydrogen) atoms. The fourth-order valence-corrected chi connectivity index (χ4v) is 1.47. The van der Waals surface area contributed by atoms with Crippen LogP contribution in [0.1, 0.15) is 30.9 Å². The molecule has 0 spiro atoms. The summed E-state index contributed by atoms with van der Waals surface area (Å²) >= 11 is 0. The van der Waals surface area contributed by atoms with E-state index in [-0.39, 0.29) is 18.0 Å². The van der Waals surface area contributed by atoms with Crippen LogP contribution in [0, 0.1) is 0 Å². The number of pyridine rings is 1. The van der Waals surface area contributed by atoms with E-state index in [0.717, 1.165) is 5.52 Å². The highest BCUT2D eigenvalue weighted by molar-refractivity contribution is 5.96. The van der Waals surface area contributed by atoms with Crippen molar-refractivity contribution in [3.8, 4) is 0 Å². The van der Waals surface area contributed by atoms with Crippen LogP contribution in [0.15, 0.2) is 18.5 Å². The van der Waals surface area contributed by atoms with Crippen molar-refractivity contribution in [1.82, 2.24) is 15.0 Å². The average molecular weight is 219 g/mol. The number of nitrogens with zero attached hydrogens (tertiary/aromatic N) is 2. The van der Waals surface area contributed by atoms with Crippen molar-refractivity contribution in [2.24, 2.45) is 0 Å². The van der Waals surface area contributed by atoms with E-state index in [4.69, 9.17) is 0 Å². The van der Waals surface area contributed by atoms with Gasteiger partial charge in [0.25, 0.3) is 0 Å². The molecule has 0 atom stereocenters. The van der Waals surface area contributed by atoms with Gasteiger partial charge in [-0.1, -0.05) is 0 Å². The van der Waals surface area contributed by atoms with Crippen molar-refractivity contribution >= 4 is 16.8 Å². The highest BCUT2D eigenvalue weighted by atomic mass is 16.3. The minimum atomic E-state index is -1.02. The SMILES string of the molecule is CC(C)(O)CC(=O)c1nc2ccncc2[nH]1. The zero-order chi connectivity index (χ0) is 11.8. The Kier molecular flexibility index (Phi) is 2.47. The second-order valence-corrected chi connectivity index (χ2v) is 4.39. The van der Waals surface area contributed by atoms with Gasteiger partial charge in [0, 0.05) is 12.6 Å². The van der Waals surface area contributed by atoms with Gasteiger partial charge in [-0.3, -0.25) is 9.78 Å². The number of imidazole rings is 1. The van der Waals surface area contributed by atoms with Crippen molar-refractivity contribution < 1.29 is 9.90 Å². The number of aliphatic hydroxyl groups is 1. The number of rotatable bonds is 3. The van der Waals surface area contributed by atoms with Gasteiger partial charge >= 0.3 is 0 Å². The molecule has 2 N–H and O–H groups in total. The Hall–Kier alpha value is -1.75. The molecule has 0 unspecified atom stereocenters. The Morgan fingerprint density at radius 3 is 2.94 bits per heavy atom. The second kappa shape index (κ2) is 3.68. The van der Waals surface area contributed by atoms with Gasteiger partial charge in [0.1, 0.15) is 0 Å². The standard InChI is InChI=1S/C11H13N3O2/c1-11(2,16)5-9(15)10-13-7-3-4-12-6-8(7)14-10/h3-4,6,16H,5H2,1-2H3,(H,13,14). The maximum Gasteiger partial charge on any atom is 0.200 e. The lowest BCUT2D eigenvalue weighted by Crippen LogP contribution is -2.23. The highest BCUT2D eigenvalue weighted by Crippen LogP contribution is 2.14. The summed E-state index contributed by atoms with van der Waals surface area (Å²) in [6, 6.07) is 1.73. The van der Waals surface area contributed by atoms with Crippen molar-refractivity contribution in [1.29, 1.82) is 0 Å². The largest absolute Gasteiger partial charge is 0.390 e. The maximum atomic E-state index is 11.8. The first-order valence-electron chi connectivity index (χ1n) is 5.01. The van der Waals surface area contributed by atoms with Crippen molar-refractivity contribution in [2.45, 2.75) is 25.9 Å². The number of carbonyl (C=O) groups is 1. The number of hydrogen-bond donors (Lipinski definition) is 2. The van der Waals surface area contributed by atoms with Gasteiger partial charge in [-0.15, -0.1) is 0 Å². The lowest BCUT2D eigenvalue weighted by molar-refractivity contribution is 0.0581. The minimum Gasteiger partial charge on any atom is -0.390 e. The van der Waals surface area contributed by atoms with Crippen LogP contribution in [0.5, 0.6) is 0 Å². The molecule has 0 aliphatic carbocycles. The lowest BCUT2D eigenvalue weighted by Gasteiger charge is -2.14. The topological polar surface area (TPSA) is 78.9 Å². The number of hydrogen-bond acceptors (Lipinski definition) is 4. The van der Waals surface area contributed by atoms with Gasteiger partial charge in [-0.05, 0) is 19.9 Å². The summed E-state index contributed by atoms with van der Waals surface area (Å²) in [6.45, 7) is 3.18. The zero-order valence-corrected chi connectivity index (χ0v) is 9.19. The zero-order valence-electron chi connectivity index (χ0n) is 9.19. The predicted molar refractivity (Wildman–Crippen MR) is 59.1 cm³/mol. The lowest BCUT2D eigenvalue weighted by atomic mass is 10.0. The van der Waals surface area contributed by atoms with E-state index in [2.05, 4.69) is 15.0 Å². The summed E-state index contributed by atoms with van der Waals surface area (Å²) < 4.78 is 0. The number of Topliss-reactive ketones (excluding diaryl/α,β-unsaturated/α-hetero) is 1. The molecule has 5 heteroatoms. The molecule has 0 amide bonds. The fraction of sp³-hybridized carbons (Fsp3) is 0.364. The van der Waals surface area contributed by atoms with E-state index in [0.29, 0.717) is 5.52 Å². The Balaban J connectivity index is 2.30. The van der Waals surface area contributed by atoms with E-state index in [9.17, 15) is 9.90 Å². The van der Waals surface area contributed by atoms with Crippen LogP contribution in [-0.2, 0) is 0 Å². The second-order valence-electron chi connectivity index (χ2n) is 4.39. The maximum absolute atomic E-state index is 11.8. The molecule has 0 radical (unpaired) electrons. The van der Waals surface area contributed by atoms with Crippen LogP contribution in [0.3, 0.4) is 0 Å². The number of aromatic nitrogens is 3. The highest BCUT2D eigenvalue weighted by Gasteiger charge is 2.21. The third-order valence-corrected chi connectivity index (χ3v) is 2.14. The Morgan fingerprint density at radius 1 is 1.56 bits per heavy atom. The summed E-state index contributed by atoms with van der Waals surface area (Å²) in [5.74, 6) is 0.0637. The first-order valence-corrected chi connectivity index (χ1v) is 5.01. The summed E-state index contributed by atoms with van der Waals surface area (Å²) in [5, 5.41) is 9.55. The third kappa shape index (κ3) is 2.25. The molecule has 0 aromatic carbocycles. The van der Waals surface area contributed by atoms with Gasteiger partial charge < -0.3 is 10.1 Å². The van der Waals surface area contributed by atoms with Crippen LogP contribution in [0.4, 0.5) is 0 Å². The first-order chi connectivity index (χ1) is 7.46. The molecule has 0 aliphatic rings. The molecular formula is C11H13N3O2. The Morgan fingerprint density at radius 2 is 2.31 bits per heavy atom.